The average Bonchev–Trinajstić information content (AvgIpc) is 3.12. The molecule has 1 saturated heterocycles. The van der Waals surface area contributed by atoms with Crippen molar-refractivity contribution in [3.8, 4) is 0 Å². The Morgan fingerprint density at radius 2 is 1.84 bits per heavy atom. The van der Waals surface area contributed by atoms with Crippen molar-refractivity contribution in [3.05, 3.63) is 24.3 Å². The number of amides is 1. The third-order valence-corrected chi connectivity index (χ3v) is 5.87. The number of carbonyl (C=O) groups is 1. The van der Waals surface area contributed by atoms with E-state index in [4.69, 9.17) is 4.42 Å². The lowest BCUT2D eigenvalue weighted by Gasteiger charge is -2.36. The van der Waals surface area contributed by atoms with Gasteiger partial charge in [0.25, 0.3) is 6.01 Å². The lowest BCUT2D eigenvalue weighted by molar-refractivity contribution is -0.137. The van der Waals surface area contributed by atoms with Crippen LogP contribution in [-0.2, 0) is 4.79 Å². The van der Waals surface area contributed by atoms with Crippen LogP contribution in [0.2, 0.25) is 0 Å². The Kier molecular flexibility index (Phi) is 4.64. The summed E-state index contributed by atoms with van der Waals surface area (Å²) in [5, 5.41) is 0. The summed E-state index contributed by atoms with van der Waals surface area (Å²) in [6, 6.07) is 8.99. The van der Waals surface area contributed by atoms with E-state index in [9.17, 15) is 4.79 Å². The van der Waals surface area contributed by atoms with E-state index in [0.717, 1.165) is 37.0 Å². The number of rotatable bonds is 3. The molecule has 1 amide bonds. The van der Waals surface area contributed by atoms with E-state index < -0.39 is 0 Å². The molecule has 4 rings (SSSR count). The third-order valence-electron chi connectivity index (χ3n) is 5.87. The summed E-state index contributed by atoms with van der Waals surface area (Å²) in [5.74, 6) is 0.483. The van der Waals surface area contributed by atoms with Gasteiger partial charge in [0, 0.05) is 32.1 Å². The van der Waals surface area contributed by atoms with Crippen LogP contribution in [0.15, 0.2) is 28.7 Å². The van der Waals surface area contributed by atoms with Crippen LogP contribution in [-0.4, -0.2) is 42.0 Å². The predicted molar refractivity (Wildman–Crippen MR) is 98.6 cm³/mol. The largest absolute Gasteiger partial charge is 0.423 e. The van der Waals surface area contributed by atoms with Crippen LogP contribution in [0.4, 0.5) is 6.01 Å². The second-order valence-electron chi connectivity index (χ2n) is 7.47. The normalized spacial score (nSPS) is 20.1. The van der Waals surface area contributed by atoms with Crippen molar-refractivity contribution in [2.45, 2.75) is 51.0 Å². The molecule has 2 aromatic rings. The molecular formula is C20H27N3O2. The molecule has 1 aromatic heterocycles. The zero-order chi connectivity index (χ0) is 17.2. The lowest BCUT2D eigenvalue weighted by Crippen LogP contribution is -2.45. The topological polar surface area (TPSA) is 49.6 Å². The Morgan fingerprint density at radius 1 is 1.12 bits per heavy atom. The lowest BCUT2D eigenvalue weighted by atomic mass is 9.91. The molecule has 0 atom stereocenters. The maximum atomic E-state index is 12.8. The molecule has 0 spiro atoms. The number of benzene rings is 1. The molecular weight excluding hydrogens is 314 g/mol. The summed E-state index contributed by atoms with van der Waals surface area (Å²) in [6.45, 7) is 1.67. The first-order chi connectivity index (χ1) is 12.2. The van der Waals surface area contributed by atoms with Crippen LogP contribution in [0.5, 0.6) is 0 Å². The molecule has 2 heterocycles. The van der Waals surface area contributed by atoms with Gasteiger partial charge in [0.2, 0.25) is 5.91 Å². The predicted octanol–water partition coefficient (Wildman–Crippen LogP) is 3.84. The highest BCUT2D eigenvalue weighted by atomic mass is 16.4. The Hall–Kier alpha value is -2.04. The van der Waals surface area contributed by atoms with Crippen LogP contribution in [0.25, 0.3) is 11.1 Å². The van der Waals surface area contributed by atoms with Crippen molar-refractivity contribution in [3.63, 3.8) is 0 Å². The Balaban J connectivity index is 1.36. The summed E-state index contributed by atoms with van der Waals surface area (Å²) in [7, 11) is 2.01. The molecule has 1 aliphatic carbocycles. The van der Waals surface area contributed by atoms with Crippen molar-refractivity contribution in [2.75, 3.05) is 25.0 Å². The minimum Gasteiger partial charge on any atom is -0.423 e. The van der Waals surface area contributed by atoms with Crippen LogP contribution < -0.4 is 4.90 Å². The number of piperidine rings is 1. The molecule has 0 N–H and O–H groups in total. The molecule has 0 unspecified atom stereocenters. The molecule has 1 saturated carbocycles. The second-order valence-corrected chi connectivity index (χ2v) is 7.47. The Morgan fingerprint density at radius 3 is 2.56 bits per heavy atom. The van der Waals surface area contributed by atoms with Crippen molar-refractivity contribution in [1.82, 2.24) is 9.88 Å². The molecule has 1 aliphatic heterocycles. The van der Waals surface area contributed by atoms with E-state index in [0.29, 0.717) is 18.0 Å². The summed E-state index contributed by atoms with van der Waals surface area (Å²) >= 11 is 0. The third kappa shape index (κ3) is 3.37. The molecule has 2 aliphatic rings. The molecule has 0 bridgehead atoms. The van der Waals surface area contributed by atoms with E-state index in [1.807, 2.05) is 36.2 Å². The van der Waals surface area contributed by atoms with E-state index in [1.165, 1.54) is 32.1 Å². The highest BCUT2D eigenvalue weighted by molar-refractivity contribution is 5.79. The average molecular weight is 341 g/mol. The zero-order valence-electron chi connectivity index (χ0n) is 15.0. The number of anilines is 1. The molecule has 2 fully saturated rings. The number of para-hydroxylation sites is 2. The van der Waals surface area contributed by atoms with Crippen molar-refractivity contribution in [1.29, 1.82) is 0 Å². The fourth-order valence-corrected chi connectivity index (χ4v) is 4.25. The smallest absolute Gasteiger partial charge is 0.298 e. The van der Waals surface area contributed by atoms with Gasteiger partial charge < -0.3 is 14.2 Å². The van der Waals surface area contributed by atoms with Gasteiger partial charge in [0.15, 0.2) is 5.58 Å². The van der Waals surface area contributed by atoms with Gasteiger partial charge in [-0.3, -0.25) is 4.79 Å². The van der Waals surface area contributed by atoms with Gasteiger partial charge in [-0.25, -0.2) is 0 Å². The van der Waals surface area contributed by atoms with E-state index in [1.54, 1.807) is 0 Å². The van der Waals surface area contributed by atoms with Crippen LogP contribution in [0.1, 0.15) is 44.9 Å². The van der Waals surface area contributed by atoms with Gasteiger partial charge in [-0.1, -0.05) is 31.4 Å². The number of hydrogen-bond acceptors (Lipinski definition) is 4. The van der Waals surface area contributed by atoms with Gasteiger partial charge >= 0.3 is 0 Å². The van der Waals surface area contributed by atoms with Gasteiger partial charge in [-0.05, 0) is 37.8 Å². The Labute approximate surface area is 149 Å². The maximum absolute atomic E-state index is 12.8. The van der Waals surface area contributed by atoms with E-state index >= 15 is 0 Å². The van der Waals surface area contributed by atoms with Crippen LogP contribution in [0, 0.1) is 5.92 Å². The highest BCUT2D eigenvalue weighted by Gasteiger charge is 2.31. The fourth-order valence-electron chi connectivity index (χ4n) is 4.25. The standard InChI is InChI=1S/C20H27N3O2/c1-22(16-7-3-2-4-8-16)19(24)15-11-13-23(14-12-15)20-21-17-9-5-6-10-18(17)25-20/h5-6,9-10,15-16H,2-4,7-8,11-14H2,1H3. The number of hydrogen-bond donors (Lipinski definition) is 0. The molecule has 5 heteroatoms. The minimum absolute atomic E-state index is 0.146. The number of carbonyl (C=O) groups excluding carboxylic acids is 1. The second kappa shape index (κ2) is 7.06. The number of aromatic nitrogens is 1. The van der Waals surface area contributed by atoms with Gasteiger partial charge in [0.05, 0.1) is 0 Å². The zero-order valence-corrected chi connectivity index (χ0v) is 15.0. The van der Waals surface area contributed by atoms with Gasteiger partial charge in [-0.15, -0.1) is 0 Å². The quantitative estimate of drug-likeness (QED) is 0.851. The van der Waals surface area contributed by atoms with Gasteiger partial charge in [-0.2, -0.15) is 4.98 Å². The van der Waals surface area contributed by atoms with Crippen molar-refractivity contribution >= 4 is 23.0 Å². The molecule has 134 valence electrons. The number of oxazole rings is 1. The fraction of sp³-hybridized carbons (Fsp3) is 0.600. The summed E-state index contributed by atoms with van der Waals surface area (Å²) < 4.78 is 5.87. The monoisotopic (exact) mass is 341 g/mol. The first kappa shape index (κ1) is 16.4. The summed E-state index contributed by atoms with van der Waals surface area (Å²) in [5.41, 5.74) is 1.72. The summed E-state index contributed by atoms with van der Waals surface area (Å²) in [4.78, 5) is 21.6. The van der Waals surface area contributed by atoms with Crippen LogP contribution in [0.3, 0.4) is 0 Å². The maximum Gasteiger partial charge on any atom is 0.298 e. The highest BCUT2D eigenvalue weighted by Crippen LogP contribution is 2.29. The van der Waals surface area contributed by atoms with Gasteiger partial charge in [0.1, 0.15) is 5.52 Å². The molecule has 5 nitrogen and oxygen atoms in total. The minimum atomic E-state index is 0.146. The first-order valence-electron chi connectivity index (χ1n) is 9.59. The SMILES string of the molecule is CN(C(=O)C1CCN(c2nc3ccccc3o2)CC1)C1CCCCC1. The molecule has 1 aromatic carbocycles. The van der Waals surface area contributed by atoms with Crippen molar-refractivity contribution < 1.29 is 9.21 Å². The molecule has 0 radical (unpaired) electrons. The first-order valence-corrected chi connectivity index (χ1v) is 9.59. The molecule has 25 heavy (non-hydrogen) atoms. The number of fused-ring (bicyclic) bond motifs is 1. The van der Waals surface area contributed by atoms with E-state index in [-0.39, 0.29) is 5.92 Å². The summed E-state index contributed by atoms with van der Waals surface area (Å²) in [6.07, 6.45) is 7.95. The Bertz CT molecular complexity index is 694. The van der Waals surface area contributed by atoms with E-state index in [2.05, 4.69) is 9.88 Å². The van der Waals surface area contributed by atoms with Crippen molar-refractivity contribution in [2.24, 2.45) is 5.92 Å². The number of nitrogens with zero attached hydrogens (tertiary/aromatic N) is 3. The van der Waals surface area contributed by atoms with Crippen LogP contribution >= 0.6 is 0 Å².